The van der Waals surface area contributed by atoms with Crippen LogP contribution in [-0.2, 0) is 12.4 Å². The van der Waals surface area contributed by atoms with E-state index in [1.165, 1.54) is 36.5 Å². The summed E-state index contributed by atoms with van der Waals surface area (Å²) in [4.78, 5) is 11.0. The highest BCUT2D eigenvalue weighted by Gasteiger charge is 2.34. The van der Waals surface area contributed by atoms with Gasteiger partial charge in [0.1, 0.15) is 5.84 Å². The molecule has 0 unspecified atom stereocenters. The number of nitrogens with one attached hydrogen (secondary N) is 1. The number of halogens is 6. The highest BCUT2D eigenvalue weighted by atomic mass is 19.4. The molecule has 0 bridgehead atoms. The Morgan fingerprint density at radius 2 is 1.79 bits per heavy atom. The highest BCUT2D eigenvalue weighted by molar-refractivity contribution is 6.11. The first-order valence-electron chi connectivity index (χ1n) is 12.6. The standard InChI is InChI=1S/C28H29F6N5/c1-2-14-39-15-4-5-21(39)17-37-26(38-20-10-8-19(9-11-20)27(29,30)31)22-12-7-18(16-24(22)35)25-23(28(32,33)34)6-3-13-36-25/h3,6-13,16,21H,2,4-5,14-15,17,35H2,1H3,(H,37,38)/t21-/m0/s1. The zero-order chi connectivity index (χ0) is 28.2. The van der Waals surface area contributed by atoms with Gasteiger partial charge in [0.05, 0.1) is 23.4 Å². The fraction of sp³-hybridized carbons (Fsp3) is 0.357. The van der Waals surface area contributed by atoms with E-state index in [0.29, 0.717) is 23.6 Å². The third-order valence-electron chi connectivity index (χ3n) is 6.64. The average molecular weight is 550 g/mol. The van der Waals surface area contributed by atoms with Gasteiger partial charge in [-0.1, -0.05) is 13.0 Å². The molecule has 1 aliphatic rings. The van der Waals surface area contributed by atoms with Crippen molar-refractivity contribution < 1.29 is 26.3 Å². The maximum absolute atomic E-state index is 13.5. The first-order valence-corrected chi connectivity index (χ1v) is 12.6. The van der Waals surface area contributed by atoms with Gasteiger partial charge in [-0.15, -0.1) is 0 Å². The van der Waals surface area contributed by atoms with Crippen LogP contribution < -0.4 is 11.1 Å². The van der Waals surface area contributed by atoms with Crippen molar-refractivity contribution in [3.8, 4) is 11.3 Å². The lowest BCUT2D eigenvalue weighted by atomic mass is 10.0. The Morgan fingerprint density at radius 3 is 2.44 bits per heavy atom. The van der Waals surface area contributed by atoms with E-state index < -0.39 is 23.5 Å². The molecule has 1 aromatic heterocycles. The molecular formula is C28H29F6N5. The van der Waals surface area contributed by atoms with Crippen LogP contribution in [0, 0.1) is 0 Å². The number of aliphatic imine (C=N–C) groups is 1. The molecule has 1 atom stereocenters. The van der Waals surface area contributed by atoms with Crippen molar-refractivity contribution in [2.75, 3.05) is 30.7 Å². The van der Waals surface area contributed by atoms with Crippen molar-refractivity contribution >= 4 is 17.2 Å². The lowest BCUT2D eigenvalue weighted by molar-refractivity contribution is -0.138. The van der Waals surface area contributed by atoms with Crippen LogP contribution in [0.3, 0.4) is 0 Å². The second-order valence-electron chi connectivity index (χ2n) is 9.42. The number of nitrogens with zero attached hydrogens (tertiary/aromatic N) is 3. The van der Waals surface area contributed by atoms with Crippen LogP contribution >= 0.6 is 0 Å². The van der Waals surface area contributed by atoms with Gasteiger partial charge >= 0.3 is 12.4 Å². The molecule has 1 aliphatic heterocycles. The first kappa shape index (κ1) is 28.4. The van der Waals surface area contributed by atoms with E-state index >= 15 is 0 Å². The molecule has 39 heavy (non-hydrogen) atoms. The second kappa shape index (κ2) is 11.6. The maximum Gasteiger partial charge on any atom is 0.418 e. The van der Waals surface area contributed by atoms with Gasteiger partial charge < -0.3 is 11.1 Å². The van der Waals surface area contributed by atoms with Crippen molar-refractivity contribution in [3.63, 3.8) is 0 Å². The van der Waals surface area contributed by atoms with E-state index in [2.05, 4.69) is 22.1 Å². The zero-order valence-electron chi connectivity index (χ0n) is 21.3. The third-order valence-corrected chi connectivity index (χ3v) is 6.64. The highest BCUT2D eigenvalue weighted by Crippen LogP contribution is 2.37. The number of hydrogen-bond acceptors (Lipinski definition) is 4. The summed E-state index contributed by atoms with van der Waals surface area (Å²) in [5.74, 6) is 0.319. The average Bonchev–Trinajstić information content (AvgIpc) is 3.33. The number of amidine groups is 1. The number of hydrogen-bond donors (Lipinski definition) is 2. The molecule has 5 nitrogen and oxygen atoms in total. The molecule has 2 aromatic carbocycles. The number of alkyl halides is 6. The Balaban J connectivity index is 1.68. The monoisotopic (exact) mass is 549 g/mol. The second-order valence-corrected chi connectivity index (χ2v) is 9.42. The van der Waals surface area contributed by atoms with Gasteiger partial charge in [-0.2, -0.15) is 26.3 Å². The quantitative estimate of drug-likeness (QED) is 0.143. The molecule has 2 heterocycles. The normalized spacial score (nSPS) is 17.0. The van der Waals surface area contributed by atoms with E-state index in [0.717, 1.165) is 50.6 Å². The lowest BCUT2D eigenvalue weighted by Crippen LogP contribution is -2.33. The van der Waals surface area contributed by atoms with Gasteiger partial charge in [-0.3, -0.25) is 14.9 Å². The van der Waals surface area contributed by atoms with E-state index in [4.69, 9.17) is 10.7 Å². The Kier molecular flexibility index (Phi) is 8.48. The predicted octanol–water partition coefficient (Wildman–Crippen LogP) is 7.10. The fourth-order valence-electron chi connectivity index (χ4n) is 4.74. The molecule has 1 fully saturated rings. The Morgan fingerprint density at radius 1 is 1.05 bits per heavy atom. The molecule has 3 N–H and O–H groups in total. The van der Waals surface area contributed by atoms with Crippen molar-refractivity contribution in [1.82, 2.24) is 9.88 Å². The van der Waals surface area contributed by atoms with Gasteiger partial charge in [0.25, 0.3) is 0 Å². The van der Waals surface area contributed by atoms with E-state index in [1.807, 2.05) is 0 Å². The molecule has 11 heteroatoms. The van der Waals surface area contributed by atoms with Crippen molar-refractivity contribution in [3.05, 3.63) is 77.5 Å². The molecule has 0 amide bonds. The lowest BCUT2D eigenvalue weighted by Gasteiger charge is -2.23. The van der Waals surface area contributed by atoms with Crippen molar-refractivity contribution in [2.45, 2.75) is 44.6 Å². The van der Waals surface area contributed by atoms with Crippen molar-refractivity contribution in [2.24, 2.45) is 4.99 Å². The van der Waals surface area contributed by atoms with Crippen molar-refractivity contribution in [1.29, 1.82) is 0 Å². The van der Waals surface area contributed by atoms with Crippen LogP contribution in [0.25, 0.3) is 11.3 Å². The van der Waals surface area contributed by atoms with Crippen LogP contribution in [0.5, 0.6) is 0 Å². The summed E-state index contributed by atoms with van der Waals surface area (Å²) in [6, 6.07) is 11.3. The van der Waals surface area contributed by atoms with Crippen LogP contribution in [0.1, 0.15) is 42.9 Å². The van der Waals surface area contributed by atoms with Gasteiger partial charge in [-0.05, 0) is 80.9 Å². The summed E-state index contributed by atoms with van der Waals surface area (Å²) in [5.41, 5.74) is 5.53. The summed E-state index contributed by atoms with van der Waals surface area (Å²) in [7, 11) is 0. The Labute approximate surface area is 222 Å². The molecular weight excluding hydrogens is 520 g/mol. The fourth-order valence-corrected chi connectivity index (χ4v) is 4.74. The first-order chi connectivity index (χ1) is 18.5. The van der Waals surface area contributed by atoms with E-state index in [-0.39, 0.29) is 23.0 Å². The smallest absolute Gasteiger partial charge is 0.398 e. The summed E-state index contributed by atoms with van der Waals surface area (Å²) >= 11 is 0. The van der Waals surface area contributed by atoms with Gasteiger partial charge in [0.2, 0.25) is 0 Å². The summed E-state index contributed by atoms with van der Waals surface area (Å²) in [5, 5.41) is 3.07. The molecule has 1 saturated heterocycles. The Bertz CT molecular complexity index is 1300. The number of anilines is 2. The number of aromatic nitrogens is 1. The largest absolute Gasteiger partial charge is 0.418 e. The van der Waals surface area contributed by atoms with Crippen LogP contribution in [0.15, 0.2) is 65.8 Å². The molecule has 3 aromatic rings. The number of nitrogen functional groups attached to an aromatic ring is 1. The summed E-state index contributed by atoms with van der Waals surface area (Å²) in [6.07, 6.45) is -4.78. The van der Waals surface area contributed by atoms with Gasteiger partial charge in [0, 0.05) is 34.7 Å². The van der Waals surface area contributed by atoms with E-state index in [1.54, 1.807) is 6.07 Å². The number of benzene rings is 2. The molecule has 0 aliphatic carbocycles. The molecule has 0 saturated carbocycles. The van der Waals surface area contributed by atoms with Gasteiger partial charge in [-0.25, -0.2) is 0 Å². The molecule has 0 radical (unpaired) electrons. The van der Waals surface area contributed by atoms with Crippen LogP contribution in [0.4, 0.5) is 37.7 Å². The van der Waals surface area contributed by atoms with Crippen LogP contribution in [0.2, 0.25) is 0 Å². The van der Waals surface area contributed by atoms with E-state index in [9.17, 15) is 26.3 Å². The maximum atomic E-state index is 13.5. The molecule has 0 spiro atoms. The van der Waals surface area contributed by atoms with Gasteiger partial charge in [0.15, 0.2) is 0 Å². The SMILES string of the molecule is CCCN1CCC[C@H]1CN=C(Nc1ccc(C(F)(F)F)cc1)c1ccc(-c2ncccc2C(F)(F)F)cc1N. The predicted molar refractivity (Wildman–Crippen MR) is 140 cm³/mol. The topological polar surface area (TPSA) is 66.5 Å². The summed E-state index contributed by atoms with van der Waals surface area (Å²) < 4.78 is 79.7. The number of nitrogens with two attached hydrogens (primary N) is 1. The minimum Gasteiger partial charge on any atom is -0.398 e. The minimum absolute atomic E-state index is 0.154. The molecule has 208 valence electrons. The molecule has 4 rings (SSSR count). The van der Waals surface area contributed by atoms with Crippen LogP contribution in [-0.4, -0.2) is 41.4 Å². The number of likely N-dealkylation sites (tertiary alicyclic amines) is 1. The zero-order valence-corrected chi connectivity index (χ0v) is 21.3. The number of pyridine rings is 1. The Hall–Kier alpha value is -3.60. The summed E-state index contributed by atoms with van der Waals surface area (Å²) in [6.45, 7) is 4.44. The minimum atomic E-state index is -4.60. The number of rotatable bonds is 7. The third kappa shape index (κ3) is 6.89.